The van der Waals surface area contributed by atoms with E-state index in [4.69, 9.17) is 0 Å². The molecule has 0 atom stereocenters. The minimum absolute atomic E-state index is 0.0850. The second kappa shape index (κ2) is 3.88. The molecule has 0 unspecified atom stereocenters. The van der Waals surface area contributed by atoms with E-state index in [1.807, 2.05) is 0 Å². The van der Waals surface area contributed by atoms with Crippen LogP contribution >= 0.6 is 0 Å². The standard InChI is InChI=1S/C11H14F2N2O/c1-7-9(2-3-14-7)10(16)15-6-8-4-11(12,13)5-8/h2-3,8,14H,4-6H2,1H3,(H,15,16). The van der Waals surface area contributed by atoms with Gasteiger partial charge >= 0.3 is 0 Å². The molecular formula is C11H14F2N2O. The smallest absolute Gasteiger partial charge is 0.253 e. The second-order valence-electron chi connectivity index (χ2n) is 4.36. The van der Waals surface area contributed by atoms with E-state index in [2.05, 4.69) is 10.3 Å². The molecule has 0 spiro atoms. The lowest BCUT2D eigenvalue weighted by molar-refractivity contribution is -0.108. The van der Waals surface area contributed by atoms with Gasteiger partial charge in [-0.2, -0.15) is 0 Å². The van der Waals surface area contributed by atoms with Crippen molar-refractivity contribution in [3.63, 3.8) is 0 Å². The van der Waals surface area contributed by atoms with Crippen molar-refractivity contribution >= 4 is 5.91 Å². The average Bonchev–Trinajstić information content (AvgIpc) is 2.57. The van der Waals surface area contributed by atoms with Crippen molar-refractivity contribution in [1.29, 1.82) is 0 Å². The number of hydrogen-bond acceptors (Lipinski definition) is 1. The van der Waals surface area contributed by atoms with Gasteiger partial charge < -0.3 is 10.3 Å². The van der Waals surface area contributed by atoms with Crippen LogP contribution in [0.2, 0.25) is 0 Å². The summed E-state index contributed by atoms with van der Waals surface area (Å²) in [5.74, 6) is -2.80. The van der Waals surface area contributed by atoms with Gasteiger partial charge in [-0.15, -0.1) is 0 Å². The van der Waals surface area contributed by atoms with Crippen LogP contribution in [0.3, 0.4) is 0 Å². The van der Waals surface area contributed by atoms with E-state index in [9.17, 15) is 13.6 Å². The third-order valence-corrected chi connectivity index (χ3v) is 2.92. The van der Waals surface area contributed by atoms with Gasteiger partial charge in [-0.25, -0.2) is 8.78 Å². The average molecular weight is 228 g/mol. The van der Waals surface area contributed by atoms with Crippen molar-refractivity contribution in [2.24, 2.45) is 5.92 Å². The van der Waals surface area contributed by atoms with Gasteiger partial charge in [0.25, 0.3) is 5.91 Å². The molecule has 2 rings (SSSR count). The number of carbonyl (C=O) groups is 1. The van der Waals surface area contributed by atoms with Crippen molar-refractivity contribution in [2.75, 3.05) is 6.54 Å². The molecule has 16 heavy (non-hydrogen) atoms. The number of H-pyrrole nitrogens is 1. The van der Waals surface area contributed by atoms with Crippen LogP contribution in [0.15, 0.2) is 12.3 Å². The van der Waals surface area contributed by atoms with E-state index in [-0.39, 0.29) is 24.7 Å². The van der Waals surface area contributed by atoms with Gasteiger partial charge in [0.05, 0.1) is 5.56 Å². The first-order chi connectivity index (χ1) is 7.48. The molecular weight excluding hydrogens is 214 g/mol. The maximum atomic E-state index is 12.5. The molecule has 1 amide bonds. The summed E-state index contributed by atoms with van der Waals surface area (Å²) in [6, 6.07) is 1.68. The number of alkyl halides is 2. The van der Waals surface area contributed by atoms with Crippen molar-refractivity contribution in [2.45, 2.75) is 25.7 Å². The maximum absolute atomic E-state index is 12.5. The fourth-order valence-corrected chi connectivity index (χ4v) is 1.96. The van der Waals surface area contributed by atoms with Crippen LogP contribution < -0.4 is 5.32 Å². The topological polar surface area (TPSA) is 44.9 Å². The Morgan fingerprint density at radius 1 is 1.62 bits per heavy atom. The fourth-order valence-electron chi connectivity index (χ4n) is 1.96. The number of aromatic nitrogens is 1. The molecule has 1 fully saturated rings. The van der Waals surface area contributed by atoms with Crippen molar-refractivity contribution < 1.29 is 13.6 Å². The minimum Gasteiger partial charge on any atom is -0.365 e. The van der Waals surface area contributed by atoms with Gasteiger partial charge in [0.2, 0.25) is 5.92 Å². The third-order valence-electron chi connectivity index (χ3n) is 2.92. The molecule has 88 valence electrons. The quantitative estimate of drug-likeness (QED) is 0.817. The number of carbonyl (C=O) groups excluding carboxylic acids is 1. The Kier molecular flexibility index (Phi) is 2.69. The van der Waals surface area contributed by atoms with Crippen LogP contribution in [0.25, 0.3) is 0 Å². The first kappa shape index (κ1) is 11.1. The molecule has 0 bridgehead atoms. The molecule has 1 aliphatic rings. The first-order valence-corrected chi connectivity index (χ1v) is 5.28. The van der Waals surface area contributed by atoms with Crippen LogP contribution in [0, 0.1) is 12.8 Å². The summed E-state index contributed by atoms with van der Waals surface area (Å²) >= 11 is 0. The molecule has 1 aromatic rings. The highest BCUT2D eigenvalue weighted by molar-refractivity contribution is 5.95. The zero-order valence-corrected chi connectivity index (χ0v) is 9.02. The number of amides is 1. The zero-order chi connectivity index (χ0) is 11.8. The number of aromatic amines is 1. The summed E-state index contributed by atoms with van der Waals surface area (Å²) in [5.41, 5.74) is 1.36. The van der Waals surface area contributed by atoms with Crippen LogP contribution in [0.4, 0.5) is 8.78 Å². The predicted octanol–water partition coefficient (Wildman–Crippen LogP) is 2.10. The summed E-state index contributed by atoms with van der Waals surface area (Å²) < 4.78 is 25.1. The van der Waals surface area contributed by atoms with E-state index >= 15 is 0 Å². The van der Waals surface area contributed by atoms with Gasteiger partial charge in [0.15, 0.2) is 0 Å². The summed E-state index contributed by atoms with van der Waals surface area (Å²) in [6.07, 6.45) is 1.46. The Morgan fingerprint density at radius 3 is 2.81 bits per heavy atom. The maximum Gasteiger partial charge on any atom is 0.253 e. The molecule has 1 saturated carbocycles. The summed E-state index contributed by atoms with van der Waals surface area (Å²) in [6.45, 7) is 2.13. The van der Waals surface area contributed by atoms with Gasteiger partial charge in [-0.3, -0.25) is 4.79 Å². The Labute approximate surface area is 92.2 Å². The highest BCUT2D eigenvalue weighted by atomic mass is 19.3. The van der Waals surface area contributed by atoms with Crippen LogP contribution in [0.1, 0.15) is 28.9 Å². The van der Waals surface area contributed by atoms with Crippen molar-refractivity contribution in [3.05, 3.63) is 23.5 Å². The zero-order valence-electron chi connectivity index (χ0n) is 9.02. The Balaban J connectivity index is 1.80. The lowest BCUT2D eigenvalue weighted by Gasteiger charge is -2.34. The molecule has 2 N–H and O–H groups in total. The number of halogens is 2. The Morgan fingerprint density at radius 2 is 2.31 bits per heavy atom. The summed E-state index contributed by atoms with van der Waals surface area (Å²) in [7, 11) is 0. The molecule has 0 saturated heterocycles. The first-order valence-electron chi connectivity index (χ1n) is 5.28. The van der Waals surface area contributed by atoms with E-state index in [0.717, 1.165) is 5.69 Å². The second-order valence-corrected chi connectivity index (χ2v) is 4.36. The Bertz CT molecular complexity index is 392. The van der Waals surface area contributed by atoms with Crippen LogP contribution in [-0.2, 0) is 0 Å². The van der Waals surface area contributed by atoms with Crippen molar-refractivity contribution in [1.82, 2.24) is 10.3 Å². The molecule has 5 heteroatoms. The number of nitrogens with one attached hydrogen (secondary N) is 2. The summed E-state index contributed by atoms with van der Waals surface area (Å²) in [4.78, 5) is 14.5. The monoisotopic (exact) mass is 228 g/mol. The van der Waals surface area contributed by atoms with Gasteiger partial charge in [0.1, 0.15) is 0 Å². The van der Waals surface area contributed by atoms with Crippen molar-refractivity contribution in [3.8, 4) is 0 Å². The number of aryl methyl sites for hydroxylation is 1. The van der Waals surface area contributed by atoms with Gasteiger partial charge in [0, 0.05) is 31.3 Å². The number of rotatable bonds is 3. The highest BCUT2D eigenvalue weighted by Crippen LogP contribution is 2.41. The van der Waals surface area contributed by atoms with E-state index in [0.29, 0.717) is 12.1 Å². The molecule has 0 aromatic carbocycles. The largest absolute Gasteiger partial charge is 0.365 e. The number of hydrogen-bond donors (Lipinski definition) is 2. The normalized spacial score (nSPS) is 19.2. The van der Waals surface area contributed by atoms with Crippen LogP contribution in [-0.4, -0.2) is 23.4 Å². The van der Waals surface area contributed by atoms with Gasteiger partial charge in [-0.05, 0) is 18.9 Å². The molecule has 1 aliphatic carbocycles. The third kappa shape index (κ3) is 2.23. The minimum atomic E-state index is -2.51. The van der Waals surface area contributed by atoms with Crippen LogP contribution in [0.5, 0.6) is 0 Å². The van der Waals surface area contributed by atoms with E-state index < -0.39 is 5.92 Å². The molecule has 1 heterocycles. The lowest BCUT2D eigenvalue weighted by Crippen LogP contribution is -2.42. The molecule has 0 aliphatic heterocycles. The molecule has 0 radical (unpaired) electrons. The van der Waals surface area contributed by atoms with Gasteiger partial charge in [-0.1, -0.05) is 0 Å². The SMILES string of the molecule is Cc1[nH]ccc1C(=O)NCC1CC(F)(F)C1. The lowest BCUT2D eigenvalue weighted by atomic mass is 9.81. The fraction of sp³-hybridized carbons (Fsp3) is 0.545. The predicted molar refractivity (Wildman–Crippen MR) is 55.5 cm³/mol. The van der Waals surface area contributed by atoms with E-state index in [1.165, 1.54) is 0 Å². The summed E-state index contributed by atoms with van der Waals surface area (Å²) in [5, 5.41) is 2.67. The molecule has 1 aromatic heterocycles. The Hall–Kier alpha value is -1.39. The van der Waals surface area contributed by atoms with E-state index in [1.54, 1.807) is 19.2 Å². The molecule has 3 nitrogen and oxygen atoms in total. The highest BCUT2D eigenvalue weighted by Gasteiger charge is 2.44.